The first kappa shape index (κ1) is 12.3. The molecule has 0 atom stereocenters. The van der Waals surface area contributed by atoms with Gasteiger partial charge in [-0.25, -0.2) is 0 Å². The van der Waals surface area contributed by atoms with Gasteiger partial charge in [0.2, 0.25) is 0 Å². The van der Waals surface area contributed by atoms with Crippen molar-refractivity contribution in [1.29, 1.82) is 0 Å². The molecule has 0 radical (unpaired) electrons. The predicted octanol–water partition coefficient (Wildman–Crippen LogP) is 4.98. The monoisotopic (exact) mass is 263 g/mol. The van der Waals surface area contributed by atoms with E-state index in [1.165, 1.54) is 11.1 Å². The Morgan fingerprint density at radius 3 is 1.35 bits per heavy atom. The fraction of sp³-hybridized carbons (Fsp3) is 0.133. The van der Waals surface area contributed by atoms with Crippen molar-refractivity contribution in [1.82, 2.24) is 0 Å². The second-order valence-corrected chi connectivity index (χ2v) is 4.82. The average molecular weight is 264 g/mol. The summed E-state index contributed by atoms with van der Waals surface area (Å²) in [7, 11) is 0. The van der Waals surface area contributed by atoms with Crippen molar-refractivity contribution in [2.45, 2.75) is 12.8 Å². The molecule has 0 unspecified atom stereocenters. The van der Waals surface area contributed by atoms with Crippen LogP contribution in [0.25, 0.3) is 0 Å². The highest BCUT2D eigenvalue weighted by Gasteiger charge is 2.03. The summed E-state index contributed by atoms with van der Waals surface area (Å²) in [5.74, 6) is 0. The Hall–Kier alpha value is -1.11. The van der Waals surface area contributed by atoms with Crippen molar-refractivity contribution in [3.05, 3.63) is 76.1 Å². The van der Waals surface area contributed by atoms with E-state index in [0.717, 1.165) is 22.9 Å². The molecule has 0 aliphatic heterocycles. The van der Waals surface area contributed by atoms with Crippen LogP contribution in [0, 0.1) is 6.42 Å². The summed E-state index contributed by atoms with van der Waals surface area (Å²) in [4.78, 5) is 0. The molecule has 17 heavy (non-hydrogen) atoms. The van der Waals surface area contributed by atoms with Gasteiger partial charge >= 0.3 is 0 Å². The molecule has 0 fully saturated rings. The molecule has 2 rings (SSSR count). The number of rotatable bonds is 4. The van der Waals surface area contributed by atoms with Gasteiger partial charge in [-0.2, -0.15) is 0 Å². The zero-order chi connectivity index (χ0) is 12.1. The summed E-state index contributed by atoms with van der Waals surface area (Å²) < 4.78 is 0. The van der Waals surface area contributed by atoms with Gasteiger partial charge in [-0.1, -0.05) is 47.5 Å². The average Bonchev–Trinajstić information content (AvgIpc) is 2.34. The van der Waals surface area contributed by atoms with Crippen molar-refractivity contribution < 1.29 is 0 Å². The SMILES string of the molecule is Clc1ccc(C[CH+]Cc2ccc(Cl)cc2)cc1. The van der Waals surface area contributed by atoms with E-state index < -0.39 is 0 Å². The molecule has 86 valence electrons. The van der Waals surface area contributed by atoms with Crippen LogP contribution >= 0.6 is 23.2 Å². The standard InChI is InChI=1S/C15H13Cl2/c16-14-8-4-12(5-9-14)2-1-3-13-6-10-15(17)11-7-13/h1,4-11H,2-3H2/q+1. The highest BCUT2D eigenvalue weighted by Crippen LogP contribution is 2.14. The summed E-state index contributed by atoms with van der Waals surface area (Å²) in [5, 5.41) is 1.57. The molecule has 0 heterocycles. The summed E-state index contributed by atoms with van der Waals surface area (Å²) in [6.45, 7) is 0. The lowest BCUT2D eigenvalue weighted by Gasteiger charge is -1.97. The van der Waals surface area contributed by atoms with Gasteiger partial charge in [0.25, 0.3) is 0 Å². The molecular formula is C15H13Cl2+. The highest BCUT2D eigenvalue weighted by molar-refractivity contribution is 6.30. The number of hydrogen-bond acceptors (Lipinski definition) is 0. The van der Waals surface area contributed by atoms with Gasteiger partial charge in [-0.05, 0) is 35.4 Å². The van der Waals surface area contributed by atoms with Crippen LogP contribution in [0.2, 0.25) is 10.0 Å². The molecule has 0 saturated heterocycles. The Morgan fingerprint density at radius 1 is 0.647 bits per heavy atom. The molecule has 2 heteroatoms. The third kappa shape index (κ3) is 3.99. The third-order valence-electron chi connectivity index (χ3n) is 2.59. The summed E-state index contributed by atoms with van der Waals surface area (Å²) in [5.41, 5.74) is 2.56. The minimum Gasteiger partial charge on any atom is -0.0843 e. The van der Waals surface area contributed by atoms with E-state index in [4.69, 9.17) is 23.2 Å². The molecule has 0 N–H and O–H groups in total. The van der Waals surface area contributed by atoms with Crippen LogP contribution in [0.15, 0.2) is 48.5 Å². The van der Waals surface area contributed by atoms with E-state index in [1.807, 2.05) is 24.3 Å². The van der Waals surface area contributed by atoms with E-state index in [1.54, 1.807) is 0 Å². The van der Waals surface area contributed by atoms with E-state index in [2.05, 4.69) is 30.7 Å². The number of halogens is 2. The van der Waals surface area contributed by atoms with Gasteiger partial charge < -0.3 is 0 Å². The Morgan fingerprint density at radius 2 is 1.00 bits per heavy atom. The Bertz CT molecular complexity index is 412. The molecule has 0 nitrogen and oxygen atoms in total. The zero-order valence-corrected chi connectivity index (χ0v) is 10.9. The van der Waals surface area contributed by atoms with Crippen molar-refractivity contribution in [2.24, 2.45) is 0 Å². The van der Waals surface area contributed by atoms with Crippen LogP contribution in [-0.2, 0) is 12.8 Å². The largest absolute Gasteiger partial charge is 0.113 e. The van der Waals surface area contributed by atoms with Crippen LogP contribution in [0.5, 0.6) is 0 Å². The topological polar surface area (TPSA) is 0 Å². The molecule has 0 amide bonds. The molecule has 0 saturated carbocycles. The summed E-state index contributed by atoms with van der Waals surface area (Å²) in [6.07, 6.45) is 4.17. The van der Waals surface area contributed by atoms with Crippen LogP contribution in [0.3, 0.4) is 0 Å². The van der Waals surface area contributed by atoms with Gasteiger partial charge in [-0.3, -0.25) is 0 Å². The fourth-order valence-electron chi connectivity index (χ4n) is 1.65. The van der Waals surface area contributed by atoms with Crippen molar-refractivity contribution >= 4 is 23.2 Å². The van der Waals surface area contributed by atoms with E-state index in [0.29, 0.717) is 0 Å². The van der Waals surface area contributed by atoms with Crippen LogP contribution in [-0.4, -0.2) is 0 Å². The molecule has 0 aliphatic rings. The fourth-order valence-corrected chi connectivity index (χ4v) is 1.90. The highest BCUT2D eigenvalue weighted by atomic mass is 35.5. The second kappa shape index (κ2) is 6.00. The Labute approximate surface area is 112 Å². The Balaban J connectivity index is 1.83. The molecule has 0 spiro atoms. The van der Waals surface area contributed by atoms with Crippen LogP contribution in [0.4, 0.5) is 0 Å². The van der Waals surface area contributed by atoms with Gasteiger partial charge in [0.05, 0.1) is 6.42 Å². The quantitative estimate of drug-likeness (QED) is 0.683. The lowest BCUT2D eigenvalue weighted by molar-refractivity contribution is 1.03. The van der Waals surface area contributed by atoms with Crippen molar-refractivity contribution in [2.75, 3.05) is 0 Å². The first-order chi connectivity index (χ1) is 8.24. The maximum absolute atomic E-state index is 5.83. The first-order valence-electron chi connectivity index (χ1n) is 5.54. The molecule has 2 aromatic rings. The number of hydrogen-bond donors (Lipinski definition) is 0. The molecule has 0 aromatic heterocycles. The van der Waals surface area contributed by atoms with Gasteiger partial charge in [0.15, 0.2) is 0 Å². The summed E-state index contributed by atoms with van der Waals surface area (Å²) in [6, 6.07) is 15.9. The maximum Gasteiger partial charge on any atom is 0.113 e. The minimum absolute atomic E-state index is 0.784. The molecule has 0 aliphatic carbocycles. The van der Waals surface area contributed by atoms with E-state index in [-0.39, 0.29) is 0 Å². The predicted molar refractivity (Wildman–Crippen MR) is 74.6 cm³/mol. The third-order valence-corrected chi connectivity index (χ3v) is 3.09. The van der Waals surface area contributed by atoms with Gasteiger partial charge in [0.1, 0.15) is 12.8 Å². The zero-order valence-electron chi connectivity index (χ0n) is 9.37. The molecule has 2 aromatic carbocycles. The van der Waals surface area contributed by atoms with E-state index >= 15 is 0 Å². The van der Waals surface area contributed by atoms with Gasteiger partial charge in [0, 0.05) is 10.0 Å². The Kier molecular flexibility index (Phi) is 4.36. The maximum atomic E-state index is 5.83. The number of benzene rings is 2. The van der Waals surface area contributed by atoms with Crippen molar-refractivity contribution in [3.8, 4) is 0 Å². The second-order valence-electron chi connectivity index (χ2n) is 3.95. The summed E-state index contributed by atoms with van der Waals surface area (Å²) >= 11 is 11.7. The van der Waals surface area contributed by atoms with Crippen LogP contribution in [0.1, 0.15) is 11.1 Å². The van der Waals surface area contributed by atoms with Crippen LogP contribution < -0.4 is 0 Å². The normalized spacial score (nSPS) is 10.2. The lowest BCUT2D eigenvalue weighted by Crippen LogP contribution is -1.90. The molecule has 0 bridgehead atoms. The first-order valence-corrected chi connectivity index (χ1v) is 6.30. The minimum atomic E-state index is 0.784. The smallest absolute Gasteiger partial charge is 0.0843 e. The molecular weight excluding hydrogens is 251 g/mol. The van der Waals surface area contributed by atoms with Crippen molar-refractivity contribution in [3.63, 3.8) is 0 Å². The van der Waals surface area contributed by atoms with E-state index in [9.17, 15) is 0 Å². The van der Waals surface area contributed by atoms with Gasteiger partial charge in [-0.15, -0.1) is 0 Å². The lowest BCUT2D eigenvalue weighted by atomic mass is 10.0.